The molecule has 3 heterocycles. The van der Waals surface area contributed by atoms with Crippen molar-refractivity contribution in [3.63, 3.8) is 0 Å². The summed E-state index contributed by atoms with van der Waals surface area (Å²) in [7, 11) is 0. The van der Waals surface area contributed by atoms with E-state index < -0.39 is 29.2 Å². The van der Waals surface area contributed by atoms with Gasteiger partial charge in [0, 0.05) is 12.3 Å². The zero-order valence-corrected chi connectivity index (χ0v) is 23.3. The number of carbonyl (C=O) groups is 4. The molecule has 5 rings (SSSR count). The Morgan fingerprint density at radius 1 is 1.17 bits per heavy atom. The molecular formula is C27H32N8O6. The van der Waals surface area contributed by atoms with Crippen molar-refractivity contribution in [1.82, 2.24) is 35.2 Å². The highest BCUT2D eigenvalue weighted by Gasteiger charge is 2.37. The summed E-state index contributed by atoms with van der Waals surface area (Å²) in [5.74, 6) is -1.06. The molecule has 41 heavy (non-hydrogen) atoms. The molecule has 2 fully saturated rings. The molecule has 1 unspecified atom stereocenters. The number of nitrogens with zero attached hydrogens (tertiary/aromatic N) is 5. The van der Waals surface area contributed by atoms with Crippen molar-refractivity contribution in [2.45, 2.75) is 77.6 Å². The molecule has 2 aliphatic rings. The van der Waals surface area contributed by atoms with Crippen molar-refractivity contribution < 1.29 is 23.9 Å². The highest BCUT2D eigenvalue weighted by Crippen LogP contribution is 2.38. The minimum Gasteiger partial charge on any atom is -0.444 e. The molecule has 216 valence electrons. The molecule has 3 aromatic rings. The third-order valence-electron chi connectivity index (χ3n) is 7.12. The number of aryl methyl sites for hydroxylation is 1. The van der Waals surface area contributed by atoms with Crippen molar-refractivity contribution in [2.75, 3.05) is 5.32 Å². The highest BCUT2D eigenvalue weighted by molar-refractivity contribution is 6.02. The van der Waals surface area contributed by atoms with E-state index in [0.717, 1.165) is 0 Å². The van der Waals surface area contributed by atoms with E-state index in [0.29, 0.717) is 35.6 Å². The second-order valence-corrected chi connectivity index (χ2v) is 11.4. The van der Waals surface area contributed by atoms with Gasteiger partial charge in [-0.05, 0) is 59.1 Å². The molecular weight excluding hydrogens is 532 g/mol. The number of benzene rings is 1. The van der Waals surface area contributed by atoms with Crippen LogP contribution < -0.4 is 21.5 Å². The number of anilines is 1. The van der Waals surface area contributed by atoms with E-state index in [1.807, 2.05) is 0 Å². The second-order valence-electron chi connectivity index (χ2n) is 11.4. The van der Waals surface area contributed by atoms with E-state index in [9.17, 15) is 24.0 Å². The lowest BCUT2D eigenvalue weighted by Gasteiger charge is -2.33. The van der Waals surface area contributed by atoms with E-state index in [4.69, 9.17) is 4.74 Å². The predicted octanol–water partition coefficient (Wildman–Crippen LogP) is 1.89. The van der Waals surface area contributed by atoms with Crippen molar-refractivity contribution in [1.29, 1.82) is 0 Å². The van der Waals surface area contributed by atoms with Crippen LogP contribution in [0.15, 0.2) is 29.2 Å². The van der Waals surface area contributed by atoms with E-state index in [1.54, 1.807) is 56.8 Å². The number of carbonyl (C=O) groups excluding carboxylic acids is 4. The fourth-order valence-corrected chi connectivity index (χ4v) is 5.03. The summed E-state index contributed by atoms with van der Waals surface area (Å²) in [6.45, 7) is 7.14. The number of nitrogens with one attached hydrogen (secondary N) is 3. The van der Waals surface area contributed by atoms with Gasteiger partial charge in [0.2, 0.25) is 17.7 Å². The minimum absolute atomic E-state index is 0.0119. The van der Waals surface area contributed by atoms with Crippen molar-refractivity contribution in [3.8, 4) is 0 Å². The van der Waals surface area contributed by atoms with Crippen molar-refractivity contribution in [2.24, 2.45) is 5.92 Å². The number of rotatable bonds is 6. The second kappa shape index (κ2) is 10.7. The fourth-order valence-electron chi connectivity index (χ4n) is 5.03. The molecule has 1 saturated carbocycles. The van der Waals surface area contributed by atoms with Crippen LogP contribution in [-0.2, 0) is 25.7 Å². The van der Waals surface area contributed by atoms with Crippen LogP contribution >= 0.6 is 0 Å². The average molecular weight is 565 g/mol. The SMILES string of the molecule is Cc1nc2c(NC(=O)C3CC(n4cc(CNC(=O)OC(C)(C)C)nn4)C3)cccc2c(=O)n1C1CCC(=O)NC1=O. The zero-order chi connectivity index (χ0) is 29.5. The number of hydrogen-bond acceptors (Lipinski definition) is 9. The number of amides is 4. The third kappa shape index (κ3) is 5.95. The molecule has 1 atom stereocenters. The van der Waals surface area contributed by atoms with Gasteiger partial charge in [-0.15, -0.1) is 5.10 Å². The van der Waals surface area contributed by atoms with Crippen LogP contribution in [0.2, 0.25) is 0 Å². The average Bonchev–Trinajstić information content (AvgIpc) is 3.31. The normalized spacial score (nSPS) is 20.7. The van der Waals surface area contributed by atoms with Gasteiger partial charge >= 0.3 is 6.09 Å². The number of piperidine rings is 1. The van der Waals surface area contributed by atoms with Gasteiger partial charge in [0.15, 0.2) is 0 Å². The summed E-state index contributed by atoms with van der Waals surface area (Å²) in [6.07, 6.45) is 2.64. The van der Waals surface area contributed by atoms with Crippen molar-refractivity contribution >= 4 is 40.4 Å². The molecule has 0 bridgehead atoms. The molecule has 14 heteroatoms. The van der Waals surface area contributed by atoms with Gasteiger partial charge < -0.3 is 15.4 Å². The van der Waals surface area contributed by atoms with Gasteiger partial charge in [0.1, 0.15) is 28.7 Å². The first-order valence-corrected chi connectivity index (χ1v) is 13.4. The van der Waals surface area contributed by atoms with Gasteiger partial charge in [-0.1, -0.05) is 11.3 Å². The topological polar surface area (TPSA) is 179 Å². The highest BCUT2D eigenvalue weighted by atomic mass is 16.6. The Kier molecular flexibility index (Phi) is 7.32. The number of ether oxygens (including phenoxy) is 1. The summed E-state index contributed by atoms with van der Waals surface area (Å²) in [6, 6.07) is 4.09. The summed E-state index contributed by atoms with van der Waals surface area (Å²) in [4.78, 5) is 66.8. The first-order valence-electron chi connectivity index (χ1n) is 13.4. The summed E-state index contributed by atoms with van der Waals surface area (Å²) < 4.78 is 8.21. The number of hydrogen-bond donors (Lipinski definition) is 3. The first-order chi connectivity index (χ1) is 19.4. The van der Waals surface area contributed by atoms with E-state index in [2.05, 4.69) is 31.2 Å². The van der Waals surface area contributed by atoms with Crippen LogP contribution in [0, 0.1) is 12.8 Å². The number of fused-ring (bicyclic) bond motifs is 1. The molecule has 1 aromatic carbocycles. The Hall–Kier alpha value is -4.62. The zero-order valence-electron chi connectivity index (χ0n) is 23.3. The molecule has 0 spiro atoms. The van der Waals surface area contributed by atoms with Crippen LogP contribution in [-0.4, -0.2) is 54.0 Å². The largest absolute Gasteiger partial charge is 0.444 e. The maximum atomic E-state index is 13.4. The van der Waals surface area contributed by atoms with Gasteiger partial charge in [-0.2, -0.15) is 0 Å². The van der Waals surface area contributed by atoms with E-state index >= 15 is 0 Å². The van der Waals surface area contributed by atoms with Crippen LogP contribution in [0.4, 0.5) is 10.5 Å². The Bertz CT molecular complexity index is 1600. The maximum Gasteiger partial charge on any atom is 0.407 e. The smallest absolute Gasteiger partial charge is 0.407 e. The number of para-hydroxylation sites is 1. The molecule has 2 aromatic heterocycles. The number of alkyl carbamates (subject to hydrolysis) is 1. The molecule has 1 aliphatic heterocycles. The molecule has 1 saturated heterocycles. The van der Waals surface area contributed by atoms with Crippen LogP contribution in [0.25, 0.3) is 10.9 Å². The lowest BCUT2D eigenvalue weighted by molar-refractivity contribution is -0.135. The Balaban J connectivity index is 1.22. The van der Waals surface area contributed by atoms with Gasteiger partial charge in [-0.3, -0.25) is 29.1 Å². The summed E-state index contributed by atoms with van der Waals surface area (Å²) in [5.41, 5.74) is 0.303. The molecule has 1 aliphatic carbocycles. The van der Waals surface area contributed by atoms with Crippen LogP contribution in [0.1, 0.15) is 70.1 Å². The van der Waals surface area contributed by atoms with E-state index in [1.165, 1.54) is 4.57 Å². The monoisotopic (exact) mass is 564 g/mol. The van der Waals surface area contributed by atoms with Crippen LogP contribution in [0.5, 0.6) is 0 Å². The minimum atomic E-state index is -0.826. The van der Waals surface area contributed by atoms with E-state index in [-0.39, 0.29) is 48.5 Å². The first kappa shape index (κ1) is 27.9. The Morgan fingerprint density at radius 3 is 2.63 bits per heavy atom. The van der Waals surface area contributed by atoms with Gasteiger partial charge in [0.05, 0.1) is 29.9 Å². The Labute approximate surface area is 234 Å². The standard InChI is InChI=1S/C27H32N8O6/c1-14-29-22-18(25(39)35(14)20-8-9-21(36)31-24(20)38)6-5-7-19(22)30-23(37)15-10-17(11-15)34-13-16(32-33-34)12-28-26(40)41-27(2,3)4/h5-7,13,15,17,20H,8-12H2,1-4H3,(H,28,40)(H,30,37)(H,31,36,38). The predicted molar refractivity (Wildman–Crippen MR) is 146 cm³/mol. The maximum absolute atomic E-state index is 13.4. The summed E-state index contributed by atoms with van der Waals surface area (Å²) >= 11 is 0. The Morgan fingerprint density at radius 2 is 1.93 bits per heavy atom. The quantitative estimate of drug-likeness (QED) is 0.377. The van der Waals surface area contributed by atoms with Gasteiger partial charge in [0.25, 0.3) is 5.56 Å². The number of aromatic nitrogens is 5. The third-order valence-corrected chi connectivity index (χ3v) is 7.12. The lowest BCUT2D eigenvalue weighted by atomic mass is 9.79. The molecule has 4 amide bonds. The fraction of sp³-hybridized carbons (Fsp3) is 0.481. The summed E-state index contributed by atoms with van der Waals surface area (Å²) in [5, 5.41) is 16.3. The molecule has 0 radical (unpaired) electrons. The van der Waals surface area contributed by atoms with Crippen LogP contribution in [0.3, 0.4) is 0 Å². The molecule has 14 nitrogen and oxygen atoms in total. The lowest BCUT2D eigenvalue weighted by Crippen LogP contribution is -2.45. The van der Waals surface area contributed by atoms with Gasteiger partial charge in [-0.25, -0.2) is 14.5 Å². The van der Waals surface area contributed by atoms with Crippen molar-refractivity contribution in [3.05, 3.63) is 46.3 Å². The number of imide groups is 1. The molecule has 3 N–H and O–H groups in total.